The number of alkyl halides is 2. The van der Waals surface area contributed by atoms with Gasteiger partial charge >= 0.3 is 5.97 Å². The molecule has 1 N–H and O–H groups in total. The van der Waals surface area contributed by atoms with Gasteiger partial charge in [0.25, 0.3) is 0 Å². The molecule has 0 unspecified atom stereocenters. The molecule has 2 aliphatic rings. The fourth-order valence-corrected chi connectivity index (χ4v) is 4.27. The molecule has 0 saturated heterocycles. The van der Waals surface area contributed by atoms with E-state index in [0.29, 0.717) is 0 Å². The van der Waals surface area contributed by atoms with Crippen LogP contribution in [0.1, 0.15) is 53.4 Å². The van der Waals surface area contributed by atoms with Crippen LogP contribution in [0, 0.1) is 22.2 Å². The molecule has 0 aliphatic heterocycles. The molecule has 4 heteroatoms. The maximum Gasteiger partial charge on any atom is 0.309 e. The average molecular weight is 260 g/mol. The van der Waals surface area contributed by atoms with Crippen molar-refractivity contribution < 1.29 is 18.7 Å². The Bertz CT molecular complexity index is 361. The largest absolute Gasteiger partial charge is 0.481 e. The van der Waals surface area contributed by atoms with Gasteiger partial charge in [0.05, 0.1) is 5.41 Å². The van der Waals surface area contributed by atoms with Gasteiger partial charge in [0.2, 0.25) is 5.92 Å². The second-order valence-corrected chi connectivity index (χ2v) is 7.19. The summed E-state index contributed by atoms with van der Waals surface area (Å²) in [7, 11) is 0. The SMILES string of the molecule is CC1(C)C(C2(C(=O)O)CCC(F)(F)CC2)C1(C)C. The molecule has 0 aromatic carbocycles. The average Bonchev–Trinajstić information content (AvgIpc) is 2.60. The minimum absolute atomic E-state index is 0.00824. The molecular weight excluding hydrogens is 238 g/mol. The van der Waals surface area contributed by atoms with Crippen LogP contribution in [0.5, 0.6) is 0 Å². The number of carbonyl (C=O) groups is 1. The van der Waals surface area contributed by atoms with E-state index in [1.807, 2.05) is 0 Å². The van der Waals surface area contributed by atoms with Crippen molar-refractivity contribution in [3.05, 3.63) is 0 Å². The summed E-state index contributed by atoms with van der Waals surface area (Å²) in [5, 5.41) is 9.59. The molecule has 0 radical (unpaired) electrons. The highest BCUT2D eigenvalue weighted by Crippen LogP contribution is 2.76. The van der Waals surface area contributed by atoms with E-state index in [1.54, 1.807) is 0 Å². The molecule has 0 amide bonds. The van der Waals surface area contributed by atoms with E-state index in [1.165, 1.54) is 0 Å². The maximum atomic E-state index is 13.3. The molecular formula is C14H22F2O2. The van der Waals surface area contributed by atoms with E-state index in [2.05, 4.69) is 27.7 Å². The second kappa shape index (κ2) is 3.45. The molecule has 104 valence electrons. The molecule has 18 heavy (non-hydrogen) atoms. The number of halogens is 2. The first kappa shape index (κ1) is 13.8. The first-order chi connectivity index (χ1) is 7.97. The smallest absolute Gasteiger partial charge is 0.309 e. The Morgan fingerprint density at radius 2 is 1.39 bits per heavy atom. The Labute approximate surface area is 107 Å². The normalized spacial score (nSPS) is 31.9. The quantitative estimate of drug-likeness (QED) is 0.816. The lowest BCUT2D eigenvalue weighted by Crippen LogP contribution is -2.42. The third kappa shape index (κ3) is 1.60. The van der Waals surface area contributed by atoms with E-state index >= 15 is 0 Å². The number of rotatable bonds is 2. The molecule has 0 atom stereocenters. The van der Waals surface area contributed by atoms with Crippen molar-refractivity contribution in [2.45, 2.75) is 59.3 Å². The summed E-state index contributed by atoms with van der Waals surface area (Å²) in [5.74, 6) is -3.57. The summed E-state index contributed by atoms with van der Waals surface area (Å²) in [6.45, 7) is 8.20. The maximum absolute atomic E-state index is 13.3. The van der Waals surface area contributed by atoms with E-state index in [4.69, 9.17) is 0 Å². The molecule has 2 fully saturated rings. The first-order valence-electron chi connectivity index (χ1n) is 6.59. The Morgan fingerprint density at radius 3 is 1.67 bits per heavy atom. The van der Waals surface area contributed by atoms with Gasteiger partial charge in [-0.25, -0.2) is 8.78 Å². The number of aliphatic carboxylic acids is 1. The summed E-state index contributed by atoms with van der Waals surface area (Å²) >= 11 is 0. The summed E-state index contributed by atoms with van der Waals surface area (Å²) in [6.07, 6.45) is -0.371. The third-order valence-electron chi connectivity index (χ3n) is 5.87. The van der Waals surface area contributed by atoms with Crippen LogP contribution < -0.4 is 0 Å². The highest BCUT2D eigenvalue weighted by Gasteiger charge is 2.74. The molecule has 2 saturated carbocycles. The van der Waals surface area contributed by atoms with Gasteiger partial charge < -0.3 is 5.11 Å². The zero-order valence-electron chi connectivity index (χ0n) is 11.5. The van der Waals surface area contributed by atoms with Crippen molar-refractivity contribution in [2.24, 2.45) is 22.2 Å². The van der Waals surface area contributed by atoms with Crippen LogP contribution in [0.15, 0.2) is 0 Å². The van der Waals surface area contributed by atoms with Gasteiger partial charge in [-0.3, -0.25) is 4.79 Å². The fraction of sp³-hybridized carbons (Fsp3) is 0.929. The summed E-state index contributed by atoms with van der Waals surface area (Å²) < 4.78 is 26.6. The lowest BCUT2D eigenvalue weighted by molar-refractivity contribution is -0.160. The van der Waals surface area contributed by atoms with Gasteiger partial charge in [0, 0.05) is 12.8 Å². The van der Waals surface area contributed by atoms with Crippen molar-refractivity contribution in [1.82, 2.24) is 0 Å². The van der Waals surface area contributed by atoms with Gasteiger partial charge in [-0.05, 0) is 29.6 Å². The molecule has 0 aromatic heterocycles. The van der Waals surface area contributed by atoms with Gasteiger partial charge in [0.15, 0.2) is 0 Å². The first-order valence-corrected chi connectivity index (χ1v) is 6.59. The minimum Gasteiger partial charge on any atom is -0.481 e. The second-order valence-electron chi connectivity index (χ2n) is 7.19. The standard InChI is InChI=1S/C14H22F2O2/c1-11(2)9(12(11,3)4)13(10(17)18)5-7-14(15,16)8-6-13/h9H,5-8H2,1-4H3,(H,17,18). The zero-order valence-corrected chi connectivity index (χ0v) is 11.5. The summed E-state index contributed by atoms with van der Waals surface area (Å²) in [4.78, 5) is 11.7. The van der Waals surface area contributed by atoms with E-state index < -0.39 is 17.3 Å². The molecule has 0 heterocycles. The zero-order chi connectivity index (χ0) is 14.0. The van der Waals surface area contributed by atoms with Crippen LogP contribution >= 0.6 is 0 Å². The Kier molecular flexibility index (Phi) is 2.64. The Balaban J connectivity index is 2.30. The Morgan fingerprint density at radius 1 is 1.00 bits per heavy atom. The lowest BCUT2D eigenvalue weighted by Gasteiger charge is -2.38. The van der Waals surface area contributed by atoms with Crippen molar-refractivity contribution in [1.29, 1.82) is 0 Å². The van der Waals surface area contributed by atoms with Crippen LogP contribution in [0.25, 0.3) is 0 Å². The van der Waals surface area contributed by atoms with Gasteiger partial charge in [-0.1, -0.05) is 27.7 Å². The highest BCUT2D eigenvalue weighted by atomic mass is 19.3. The number of hydrogen-bond donors (Lipinski definition) is 1. The van der Waals surface area contributed by atoms with Crippen molar-refractivity contribution in [2.75, 3.05) is 0 Å². The van der Waals surface area contributed by atoms with Crippen LogP contribution in [0.2, 0.25) is 0 Å². The van der Waals surface area contributed by atoms with Gasteiger partial charge in [-0.2, -0.15) is 0 Å². The van der Waals surface area contributed by atoms with Gasteiger partial charge in [-0.15, -0.1) is 0 Å². The number of carboxylic acid groups (broad SMARTS) is 1. The molecule has 0 aromatic rings. The highest BCUT2D eigenvalue weighted by molar-refractivity contribution is 5.76. The fourth-order valence-electron chi connectivity index (χ4n) is 4.27. The van der Waals surface area contributed by atoms with E-state index in [9.17, 15) is 18.7 Å². The Hall–Kier alpha value is -0.670. The van der Waals surface area contributed by atoms with Crippen molar-refractivity contribution in [3.8, 4) is 0 Å². The predicted molar refractivity (Wildman–Crippen MR) is 64.5 cm³/mol. The van der Waals surface area contributed by atoms with E-state index in [0.717, 1.165) is 0 Å². The number of hydrogen-bond acceptors (Lipinski definition) is 1. The minimum atomic E-state index is -2.68. The summed E-state index contributed by atoms with van der Waals surface area (Å²) in [5.41, 5.74) is -1.12. The van der Waals surface area contributed by atoms with Crippen LogP contribution in [0.4, 0.5) is 8.78 Å². The molecule has 0 spiro atoms. The number of carboxylic acids is 1. The molecule has 2 nitrogen and oxygen atoms in total. The summed E-state index contributed by atoms with van der Waals surface area (Å²) in [6, 6.07) is 0. The third-order valence-corrected chi connectivity index (χ3v) is 5.87. The molecule has 2 rings (SSSR count). The van der Waals surface area contributed by atoms with Crippen LogP contribution in [-0.4, -0.2) is 17.0 Å². The topological polar surface area (TPSA) is 37.3 Å². The molecule has 2 aliphatic carbocycles. The van der Waals surface area contributed by atoms with Gasteiger partial charge in [0.1, 0.15) is 0 Å². The van der Waals surface area contributed by atoms with E-state index in [-0.39, 0.29) is 42.4 Å². The molecule has 0 bridgehead atoms. The van der Waals surface area contributed by atoms with Crippen LogP contribution in [0.3, 0.4) is 0 Å². The lowest BCUT2D eigenvalue weighted by atomic mass is 9.67. The monoisotopic (exact) mass is 260 g/mol. The predicted octanol–water partition coefficient (Wildman–Crippen LogP) is 3.95. The van der Waals surface area contributed by atoms with Crippen LogP contribution in [-0.2, 0) is 4.79 Å². The van der Waals surface area contributed by atoms with Crippen molar-refractivity contribution >= 4 is 5.97 Å². The van der Waals surface area contributed by atoms with Crippen molar-refractivity contribution in [3.63, 3.8) is 0 Å².